The summed E-state index contributed by atoms with van der Waals surface area (Å²) in [5.74, 6) is 3.29. The van der Waals surface area contributed by atoms with Crippen molar-refractivity contribution in [3.63, 3.8) is 0 Å². The summed E-state index contributed by atoms with van der Waals surface area (Å²) in [6.07, 6.45) is 9.01. The second kappa shape index (κ2) is 9.35. The fourth-order valence-electron chi connectivity index (χ4n) is 3.66. The number of thiophene rings is 1. The lowest BCUT2D eigenvalue weighted by molar-refractivity contribution is 0.415. The molecule has 164 valence electrons. The van der Waals surface area contributed by atoms with Crippen molar-refractivity contribution in [1.82, 2.24) is 0 Å². The van der Waals surface area contributed by atoms with Crippen molar-refractivity contribution >= 4 is 33.7 Å². The van der Waals surface area contributed by atoms with Gasteiger partial charge in [-0.2, -0.15) is 0 Å². The number of rotatable bonds is 7. The molecule has 1 aliphatic heterocycles. The third-order valence-corrected chi connectivity index (χ3v) is 6.61. The molecule has 5 heteroatoms. The summed E-state index contributed by atoms with van der Waals surface area (Å²) in [6, 6.07) is 22.2. The first kappa shape index (κ1) is 21.0. The number of nitrogens with zero attached hydrogens (tertiary/aromatic N) is 1. The zero-order valence-electron chi connectivity index (χ0n) is 18.4. The Bertz CT molecular complexity index is 1360. The summed E-state index contributed by atoms with van der Waals surface area (Å²) < 4.78 is 18.3. The van der Waals surface area contributed by atoms with E-state index in [-0.39, 0.29) is 0 Å². The Balaban J connectivity index is 1.48. The number of ether oxygens (including phenoxy) is 3. The quantitative estimate of drug-likeness (QED) is 0.287. The highest BCUT2D eigenvalue weighted by atomic mass is 32.1. The van der Waals surface area contributed by atoms with Gasteiger partial charge in [0.1, 0.15) is 17.2 Å². The number of hydrogen-bond acceptors (Lipinski definition) is 5. The lowest BCUT2D eigenvalue weighted by atomic mass is 10.1. The van der Waals surface area contributed by atoms with Crippen LogP contribution in [0.3, 0.4) is 0 Å². The predicted octanol–water partition coefficient (Wildman–Crippen LogP) is 7.75. The smallest absolute Gasteiger partial charge is 0.153 e. The summed E-state index contributed by atoms with van der Waals surface area (Å²) in [7, 11) is 3.36. The van der Waals surface area contributed by atoms with E-state index in [9.17, 15) is 0 Å². The maximum Gasteiger partial charge on any atom is 0.153 e. The van der Waals surface area contributed by atoms with E-state index in [1.807, 2.05) is 48.7 Å². The third-order valence-electron chi connectivity index (χ3n) is 5.42. The third kappa shape index (κ3) is 4.54. The van der Waals surface area contributed by atoms with Crippen molar-refractivity contribution in [3.8, 4) is 33.4 Å². The van der Waals surface area contributed by atoms with Gasteiger partial charge in [-0.3, -0.25) is 4.99 Å². The van der Waals surface area contributed by atoms with Crippen LogP contribution in [-0.2, 0) is 0 Å². The molecule has 4 aromatic rings. The molecule has 0 N–H and O–H groups in total. The lowest BCUT2D eigenvalue weighted by Gasteiger charge is -2.09. The summed E-state index contributed by atoms with van der Waals surface area (Å²) in [6.45, 7) is 0. The highest BCUT2D eigenvalue weighted by molar-refractivity contribution is 7.22. The molecule has 33 heavy (non-hydrogen) atoms. The molecule has 0 bridgehead atoms. The molecular weight excluding hydrogens is 430 g/mol. The second-order valence-electron chi connectivity index (χ2n) is 7.53. The number of methoxy groups -OCH3 is 2. The molecular formula is C28H23NO3S. The van der Waals surface area contributed by atoms with Crippen molar-refractivity contribution in [2.45, 2.75) is 6.42 Å². The summed E-state index contributed by atoms with van der Waals surface area (Å²) in [5, 5.41) is 1.06. The van der Waals surface area contributed by atoms with Crippen LogP contribution in [0.5, 0.6) is 23.0 Å². The molecule has 0 amide bonds. The Labute approximate surface area is 197 Å². The fourth-order valence-corrected chi connectivity index (χ4v) is 4.82. The Hall–Kier alpha value is -3.83. The van der Waals surface area contributed by atoms with Gasteiger partial charge in [0.05, 0.1) is 24.8 Å². The molecule has 1 aliphatic rings. The fraction of sp³-hybridized carbons (Fsp3) is 0.107. The first-order chi connectivity index (χ1) is 16.2. The van der Waals surface area contributed by atoms with E-state index >= 15 is 0 Å². The zero-order chi connectivity index (χ0) is 22.6. The van der Waals surface area contributed by atoms with Crippen molar-refractivity contribution < 1.29 is 14.2 Å². The molecule has 0 spiro atoms. The standard InChI is InChI=1S/C28H23NO3S/c1-30-22-13-8-20(9-14-22)28-27(25-16-15-24(31-2)18-26(25)33-28)32-23-11-6-19(7-12-23)5-10-21-4-3-17-29-21/h4-18H,3H2,1-2H3/b10-5+. The van der Waals surface area contributed by atoms with Gasteiger partial charge in [0.15, 0.2) is 5.75 Å². The average molecular weight is 454 g/mol. The van der Waals surface area contributed by atoms with Crippen LogP contribution in [0.1, 0.15) is 12.0 Å². The van der Waals surface area contributed by atoms with Gasteiger partial charge >= 0.3 is 0 Å². The van der Waals surface area contributed by atoms with Crippen LogP contribution >= 0.6 is 11.3 Å². The maximum atomic E-state index is 6.46. The number of allylic oxidation sites excluding steroid dienone is 2. The van der Waals surface area contributed by atoms with E-state index in [0.717, 1.165) is 61.2 Å². The average Bonchev–Trinajstić information content (AvgIpc) is 3.51. The molecule has 3 aromatic carbocycles. The number of hydrogen-bond donors (Lipinski definition) is 0. The molecule has 0 radical (unpaired) electrons. The minimum atomic E-state index is 0.788. The SMILES string of the molecule is COc1ccc(-c2sc3cc(OC)ccc3c2Oc2ccc(/C=C/C3=CCC=N3)cc2)cc1. The van der Waals surface area contributed by atoms with E-state index in [0.29, 0.717) is 0 Å². The van der Waals surface area contributed by atoms with Crippen LogP contribution in [-0.4, -0.2) is 20.4 Å². The van der Waals surface area contributed by atoms with Gasteiger partial charge in [-0.05, 0) is 71.8 Å². The van der Waals surface area contributed by atoms with Crippen LogP contribution in [0, 0.1) is 0 Å². The van der Waals surface area contributed by atoms with Gasteiger partial charge in [-0.1, -0.05) is 24.3 Å². The van der Waals surface area contributed by atoms with Gasteiger partial charge in [-0.15, -0.1) is 11.3 Å². The maximum absolute atomic E-state index is 6.46. The molecule has 0 aliphatic carbocycles. The zero-order valence-corrected chi connectivity index (χ0v) is 19.3. The molecule has 2 heterocycles. The second-order valence-corrected chi connectivity index (χ2v) is 8.58. The Morgan fingerprint density at radius 3 is 2.24 bits per heavy atom. The van der Waals surface area contributed by atoms with Crippen molar-refractivity contribution in [3.05, 3.63) is 90.1 Å². The predicted molar refractivity (Wildman–Crippen MR) is 137 cm³/mol. The Kier molecular flexibility index (Phi) is 5.96. The molecule has 0 unspecified atom stereocenters. The largest absolute Gasteiger partial charge is 0.497 e. The minimum Gasteiger partial charge on any atom is -0.497 e. The first-order valence-electron chi connectivity index (χ1n) is 10.7. The van der Waals surface area contributed by atoms with Crippen molar-refractivity contribution in [1.29, 1.82) is 0 Å². The molecule has 1 aromatic heterocycles. The van der Waals surface area contributed by atoms with Gasteiger partial charge in [-0.25, -0.2) is 0 Å². The highest BCUT2D eigenvalue weighted by Crippen LogP contribution is 2.47. The highest BCUT2D eigenvalue weighted by Gasteiger charge is 2.17. The van der Waals surface area contributed by atoms with Crippen LogP contribution < -0.4 is 14.2 Å². The summed E-state index contributed by atoms with van der Waals surface area (Å²) in [5.41, 5.74) is 3.18. The number of benzene rings is 3. The summed E-state index contributed by atoms with van der Waals surface area (Å²) >= 11 is 1.69. The monoisotopic (exact) mass is 453 g/mol. The van der Waals surface area contributed by atoms with Crippen LogP contribution in [0.2, 0.25) is 0 Å². The van der Waals surface area contributed by atoms with Gasteiger partial charge in [0.25, 0.3) is 0 Å². The van der Waals surface area contributed by atoms with E-state index in [1.54, 1.807) is 25.6 Å². The molecule has 5 rings (SSSR count). The van der Waals surface area contributed by atoms with E-state index in [1.165, 1.54) is 0 Å². The number of aliphatic imine (C=N–C) groups is 1. The normalized spacial score (nSPS) is 13.0. The van der Waals surface area contributed by atoms with E-state index < -0.39 is 0 Å². The van der Waals surface area contributed by atoms with Crippen molar-refractivity contribution in [2.24, 2.45) is 4.99 Å². The molecule has 0 atom stereocenters. The molecule has 0 saturated carbocycles. The Morgan fingerprint density at radius 2 is 1.55 bits per heavy atom. The van der Waals surface area contributed by atoms with Crippen LogP contribution in [0.25, 0.3) is 26.6 Å². The first-order valence-corrected chi connectivity index (χ1v) is 11.5. The Morgan fingerprint density at radius 1 is 0.818 bits per heavy atom. The minimum absolute atomic E-state index is 0.788. The van der Waals surface area contributed by atoms with Crippen LogP contribution in [0.15, 0.2) is 89.6 Å². The van der Waals surface area contributed by atoms with E-state index in [4.69, 9.17) is 14.2 Å². The lowest BCUT2D eigenvalue weighted by Crippen LogP contribution is -1.87. The van der Waals surface area contributed by atoms with Gasteiger partial charge in [0, 0.05) is 22.7 Å². The van der Waals surface area contributed by atoms with Gasteiger partial charge < -0.3 is 14.2 Å². The molecule has 4 nitrogen and oxygen atoms in total. The molecule has 0 saturated heterocycles. The molecule has 0 fully saturated rings. The van der Waals surface area contributed by atoms with E-state index in [2.05, 4.69) is 47.5 Å². The number of fused-ring (bicyclic) bond motifs is 1. The topological polar surface area (TPSA) is 40.0 Å². The van der Waals surface area contributed by atoms with Crippen LogP contribution in [0.4, 0.5) is 0 Å². The van der Waals surface area contributed by atoms with Crippen molar-refractivity contribution in [2.75, 3.05) is 14.2 Å². The van der Waals surface area contributed by atoms with Gasteiger partial charge in [0.2, 0.25) is 0 Å². The summed E-state index contributed by atoms with van der Waals surface area (Å²) in [4.78, 5) is 5.38.